The van der Waals surface area contributed by atoms with E-state index in [-0.39, 0.29) is 13.2 Å². The van der Waals surface area contributed by atoms with Crippen LogP contribution in [-0.2, 0) is 19.1 Å². The van der Waals surface area contributed by atoms with Crippen molar-refractivity contribution >= 4 is 57.1 Å². The van der Waals surface area contributed by atoms with E-state index in [1.54, 1.807) is 0 Å². The first-order chi connectivity index (χ1) is 14.5. The maximum absolute atomic E-state index is 12.0. The molecule has 0 saturated heterocycles. The number of ether oxygens (including phenoxy) is 4. The van der Waals surface area contributed by atoms with Crippen LogP contribution in [0.15, 0.2) is 48.5 Å². The molecule has 0 atom stereocenters. The SMILES string of the molecule is CC(C(=O)OCCCOc1ccc(I)cc1)C(=O)OCCCOc1ccc(I)cc1. The molecule has 0 spiro atoms. The summed E-state index contributed by atoms with van der Waals surface area (Å²) in [4.78, 5) is 23.9. The monoisotopic (exact) mass is 638 g/mol. The average molecular weight is 638 g/mol. The minimum Gasteiger partial charge on any atom is -0.493 e. The number of halogens is 2. The summed E-state index contributed by atoms with van der Waals surface area (Å²) in [5, 5.41) is 0. The molecule has 0 unspecified atom stereocenters. The summed E-state index contributed by atoms with van der Waals surface area (Å²) < 4.78 is 23.7. The first-order valence-electron chi connectivity index (χ1n) is 9.55. The van der Waals surface area contributed by atoms with Gasteiger partial charge in [0, 0.05) is 20.0 Å². The van der Waals surface area contributed by atoms with Gasteiger partial charge in [-0.3, -0.25) is 9.59 Å². The molecule has 0 heterocycles. The highest BCUT2D eigenvalue weighted by Gasteiger charge is 2.24. The predicted octanol–water partition coefficient (Wildman–Crippen LogP) is 4.86. The summed E-state index contributed by atoms with van der Waals surface area (Å²) in [7, 11) is 0. The summed E-state index contributed by atoms with van der Waals surface area (Å²) in [5.74, 6) is -0.609. The van der Waals surface area contributed by atoms with E-state index in [1.165, 1.54) is 6.92 Å². The quantitative estimate of drug-likeness (QED) is 0.143. The van der Waals surface area contributed by atoms with Crippen molar-refractivity contribution in [1.82, 2.24) is 0 Å². The van der Waals surface area contributed by atoms with Gasteiger partial charge in [-0.25, -0.2) is 0 Å². The number of carbonyl (C=O) groups is 2. The van der Waals surface area contributed by atoms with E-state index in [1.807, 2.05) is 48.5 Å². The maximum atomic E-state index is 12.0. The molecule has 0 aromatic heterocycles. The fourth-order valence-electron chi connectivity index (χ4n) is 2.25. The fourth-order valence-corrected chi connectivity index (χ4v) is 2.97. The number of esters is 2. The molecule has 0 aliphatic rings. The Morgan fingerprint density at radius 2 is 1.07 bits per heavy atom. The van der Waals surface area contributed by atoms with Crippen LogP contribution in [0.2, 0.25) is 0 Å². The molecule has 6 nitrogen and oxygen atoms in total. The van der Waals surface area contributed by atoms with E-state index in [4.69, 9.17) is 18.9 Å². The summed E-state index contributed by atoms with van der Waals surface area (Å²) >= 11 is 4.45. The summed E-state index contributed by atoms with van der Waals surface area (Å²) in [6.07, 6.45) is 1.07. The van der Waals surface area contributed by atoms with Crippen LogP contribution < -0.4 is 9.47 Å². The zero-order chi connectivity index (χ0) is 21.8. The van der Waals surface area contributed by atoms with Crippen molar-refractivity contribution in [2.75, 3.05) is 26.4 Å². The number of benzene rings is 2. The standard InChI is InChI=1S/C22H24I2O6/c1-16(21(25)29-14-2-12-27-19-8-4-17(23)5-9-19)22(26)30-15-3-13-28-20-10-6-18(24)7-11-20/h4-11,16H,2-3,12-15H2,1H3. The molecule has 0 saturated carbocycles. The van der Waals surface area contributed by atoms with Gasteiger partial charge in [-0.15, -0.1) is 0 Å². The Balaban J connectivity index is 1.53. The molecule has 2 rings (SSSR count). The van der Waals surface area contributed by atoms with Crippen molar-refractivity contribution in [3.8, 4) is 11.5 Å². The third kappa shape index (κ3) is 9.50. The van der Waals surface area contributed by atoms with E-state index < -0.39 is 17.9 Å². The number of hydrogen-bond donors (Lipinski definition) is 0. The summed E-state index contributed by atoms with van der Waals surface area (Å²) in [6, 6.07) is 15.4. The molecular formula is C22H24I2O6. The smallest absolute Gasteiger partial charge is 0.320 e. The molecule has 0 fully saturated rings. The Morgan fingerprint density at radius 1 is 0.700 bits per heavy atom. The lowest BCUT2D eigenvalue weighted by Gasteiger charge is -2.12. The lowest BCUT2D eigenvalue weighted by atomic mass is 10.2. The first-order valence-corrected chi connectivity index (χ1v) is 11.7. The second kappa shape index (κ2) is 13.7. The molecule has 30 heavy (non-hydrogen) atoms. The third-order valence-corrected chi connectivity index (χ3v) is 5.38. The van der Waals surface area contributed by atoms with Gasteiger partial charge in [-0.05, 0) is 101 Å². The molecule has 0 aliphatic carbocycles. The highest BCUT2D eigenvalue weighted by atomic mass is 127. The molecule has 162 valence electrons. The van der Waals surface area contributed by atoms with Crippen molar-refractivity contribution in [1.29, 1.82) is 0 Å². The van der Waals surface area contributed by atoms with E-state index >= 15 is 0 Å². The van der Waals surface area contributed by atoms with Crippen LogP contribution in [0.1, 0.15) is 19.8 Å². The predicted molar refractivity (Wildman–Crippen MR) is 130 cm³/mol. The Kier molecular flexibility index (Phi) is 11.3. The fraction of sp³-hybridized carbons (Fsp3) is 0.364. The van der Waals surface area contributed by atoms with Crippen LogP contribution in [0.25, 0.3) is 0 Å². The van der Waals surface area contributed by atoms with Crippen molar-refractivity contribution < 1.29 is 28.5 Å². The van der Waals surface area contributed by atoms with Gasteiger partial charge in [0.05, 0.1) is 26.4 Å². The second-order valence-electron chi connectivity index (χ2n) is 6.37. The van der Waals surface area contributed by atoms with Crippen LogP contribution in [0, 0.1) is 13.1 Å². The normalized spacial score (nSPS) is 10.5. The molecule has 0 amide bonds. The topological polar surface area (TPSA) is 71.1 Å². The van der Waals surface area contributed by atoms with E-state index in [9.17, 15) is 9.59 Å². The lowest BCUT2D eigenvalue weighted by molar-refractivity contribution is -0.161. The minimum atomic E-state index is -0.959. The van der Waals surface area contributed by atoms with Gasteiger partial charge in [-0.2, -0.15) is 0 Å². The number of rotatable bonds is 12. The molecule has 0 aliphatic heterocycles. The molecule has 2 aromatic carbocycles. The average Bonchev–Trinajstić information content (AvgIpc) is 2.75. The van der Waals surface area contributed by atoms with Crippen LogP contribution in [0.5, 0.6) is 11.5 Å². The zero-order valence-corrected chi connectivity index (χ0v) is 21.0. The zero-order valence-electron chi connectivity index (χ0n) is 16.6. The highest BCUT2D eigenvalue weighted by molar-refractivity contribution is 14.1. The van der Waals surface area contributed by atoms with Crippen LogP contribution in [0.4, 0.5) is 0 Å². The molecule has 8 heteroatoms. The third-order valence-electron chi connectivity index (χ3n) is 3.94. The van der Waals surface area contributed by atoms with Gasteiger partial charge >= 0.3 is 11.9 Å². The Hall–Kier alpha value is -1.56. The molecule has 0 bridgehead atoms. The molecule has 2 aromatic rings. The van der Waals surface area contributed by atoms with Crippen LogP contribution >= 0.6 is 45.2 Å². The van der Waals surface area contributed by atoms with Crippen molar-refractivity contribution in [2.24, 2.45) is 5.92 Å². The largest absolute Gasteiger partial charge is 0.493 e. The van der Waals surface area contributed by atoms with Gasteiger partial charge in [0.1, 0.15) is 11.5 Å². The van der Waals surface area contributed by atoms with E-state index in [0.717, 1.165) is 18.6 Å². The van der Waals surface area contributed by atoms with Gasteiger partial charge in [0.15, 0.2) is 5.92 Å². The molecular weight excluding hydrogens is 614 g/mol. The minimum absolute atomic E-state index is 0.185. The number of hydrogen-bond acceptors (Lipinski definition) is 6. The first kappa shape index (κ1) is 24.7. The summed E-state index contributed by atoms with van der Waals surface area (Å²) in [5.41, 5.74) is 0. The number of carbonyl (C=O) groups excluding carboxylic acids is 2. The molecule has 0 radical (unpaired) electrons. The van der Waals surface area contributed by atoms with Crippen molar-refractivity contribution in [2.45, 2.75) is 19.8 Å². The lowest BCUT2D eigenvalue weighted by Crippen LogP contribution is -2.26. The van der Waals surface area contributed by atoms with Gasteiger partial charge in [0.25, 0.3) is 0 Å². The van der Waals surface area contributed by atoms with Crippen molar-refractivity contribution in [3.05, 3.63) is 55.7 Å². The van der Waals surface area contributed by atoms with Gasteiger partial charge < -0.3 is 18.9 Å². The Labute approximate surface area is 203 Å². The van der Waals surface area contributed by atoms with Crippen LogP contribution in [0.3, 0.4) is 0 Å². The van der Waals surface area contributed by atoms with Crippen LogP contribution in [-0.4, -0.2) is 38.4 Å². The van der Waals surface area contributed by atoms with Crippen molar-refractivity contribution in [3.63, 3.8) is 0 Å². The van der Waals surface area contributed by atoms with E-state index in [2.05, 4.69) is 45.2 Å². The van der Waals surface area contributed by atoms with Gasteiger partial charge in [-0.1, -0.05) is 0 Å². The maximum Gasteiger partial charge on any atom is 0.320 e. The Bertz CT molecular complexity index is 725. The van der Waals surface area contributed by atoms with Gasteiger partial charge in [0.2, 0.25) is 0 Å². The highest BCUT2D eigenvalue weighted by Crippen LogP contribution is 2.14. The second-order valence-corrected chi connectivity index (χ2v) is 8.86. The summed E-state index contributed by atoms with van der Waals surface area (Å²) in [6.45, 7) is 2.70. The van der Waals surface area contributed by atoms with E-state index in [0.29, 0.717) is 26.1 Å². The Morgan fingerprint density at radius 3 is 1.43 bits per heavy atom. The molecule has 0 N–H and O–H groups in total.